The van der Waals surface area contributed by atoms with Gasteiger partial charge in [-0.25, -0.2) is 0 Å². The summed E-state index contributed by atoms with van der Waals surface area (Å²) in [5.41, 5.74) is 0.0272. The molecule has 0 aromatic carbocycles. The van der Waals surface area contributed by atoms with Crippen LogP contribution < -0.4 is 0 Å². The van der Waals surface area contributed by atoms with Crippen LogP contribution in [0.3, 0.4) is 0 Å². The fourth-order valence-electron chi connectivity index (χ4n) is 1.88. The summed E-state index contributed by atoms with van der Waals surface area (Å²) < 4.78 is 9.81. The Balaban J connectivity index is 2.55. The van der Waals surface area contributed by atoms with Gasteiger partial charge < -0.3 is 14.6 Å². The molecule has 1 aliphatic carbocycles. The van der Waals surface area contributed by atoms with E-state index in [1.807, 2.05) is 12.2 Å². The van der Waals surface area contributed by atoms with Gasteiger partial charge in [0.15, 0.2) is 0 Å². The van der Waals surface area contributed by atoms with E-state index in [1.54, 1.807) is 26.7 Å². The van der Waals surface area contributed by atoms with Crippen LogP contribution in [-0.2, 0) is 9.47 Å². The molecule has 14 heavy (non-hydrogen) atoms. The molecule has 0 aromatic rings. The van der Waals surface area contributed by atoms with Crippen molar-refractivity contribution in [3.8, 4) is 0 Å². The quantitative estimate of drug-likeness (QED) is 0.683. The molecule has 0 heterocycles. The Kier molecular flexibility index (Phi) is 4.01. The monoisotopic (exact) mass is 198 g/mol. The molecule has 3 nitrogen and oxygen atoms in total. The summed E-state index contributed by atoms with van der Waals surface area (Å²) in [6.07, 6.45) is 9.34. The summed E-state index contributed by atoms with van der Waals surface area (Å²) >= 11 is 0. The third kappa shape index (κ3) is 2.51. The van der Waals surface area contributed by atoms with Crippen molar-refractivity contribution >= 4 is 0 Å². The standard InChI is InChI=1S/C11H18O3/c1-13-5-3-11(4-6-14-2)7-10(8-11)9-12/h3-6,10,12H,7-9H2,1-2H3. The lowest BCUT2D eigenvalue weighted by Gasteiger charge is -2.42. The molecule has 0 amide bonds. The average molecular weight is 198 g/mol. The van der Waals surface area contributed by atoms with Crippen molar-refractivity contribution in [3.05, 3.63) is 24.7 Å². The Hall–Kier alpha value is -0.960. The molecule has 0 spiro atoms. The fourth-order valence-corrected chi connectivity index (χ4v) is 1.88. The Bertz CT molecular complexity index is 199. The van der Waals surface area contributed by atoms with E-state index in [1.165, 1.54) is 0 Å². The Morgan fingerprint density at radius 3 is 2.07 bits per heavy atom. The predicted octanol–water partition coefficient (Wildman–Crippen LogP) is 1.70. The Labute approximate surface area is 85.0 Å². The van der Waals surface area contributed by atoms with Gasteiger partial charge in [-0.2, -0.15) is 0 Å². The minimum Gasteiger partial charge on any atom is -0.505 e. The molecular formula is C11H18O3. The van der Waals surface area contributed by atoms with Crippen LogP contribution in [0.5, 0.6) is 0 Å². The van der Waals surface area contributed by atoms with E-state index in [4.69, 9.17) is 14.6 Å². The lowest BCUT2D eigenvalue weighted by Crippen LogP contribution is -2.35. The average Bonchev–Trinajstić information content (AvgIpc) is 2.16. The number of hydrogen-bond acceptors (Lipinski definition) is 3. The highest BCUT2D eigenvalue weighted by molar-refractivity contribution is 5.15. The van der Waals surface area contributed by atoms with Crippen molar-refractivity contribution in [1.82, 2.24) is 0 Å². The number of ether oxygens (including phenoxy) is 2. The van der Waals surface area contributed by atoms with Gasteiger partial charge >= 0.3 is 0 Å². The normalized spacial score (nSPS) is 32.1. The number of rotatable bonds is 5. The van der Waals surface area contributed by atoms with E-state index in [0.717, 1.165) is 12.8 Å². The van der Waals surface area contributed by atoms with Gasteiger partial charge in [0.05, 0.1) is 26.7 Å². The fraction of sp³-hybridized carbons (Fsp3) is 0.636. The number of hydrogen-bond donors (Lipinski definition) is 1. The van der Waals surface area contributed by atoms with Crippen LogP contribution in [0.4, 0.5) is 0 Å². The van der Waals surface area contributed by atoms with Crippen LogP contribution in [0, 0.1) is 11.3 Å². The first-order valence-corrected chi connectivity index (χ1v) is 4.78. The minimum atomic E-state index is 0.0272. The molecule has 0 aromatic heterocycles. The third-order valence-electron chi connectivity index (χ3n) is 2.67. The van der Waals surface area contributed by atoms with Gasteiger partial charge in [0.1, 0.15) is 0 Å². The van der Waals surface area contributed by atoms with Crippen molar-refractivity contribution in [3.63, 3.8) is 0 Å². The molecule has 1 N–H and O–H groups in total. The summed E-state index contributed by atoms with van der Waals surface area (Å²) in [6.45, 7) is 0.267. The minimum absolute atomic E-state index is 0.0272. The van der Waals surface area contributed by atoms with Gasteiger partial charge in [0.2, 0.25) is 0 Å². The molecule has 1 rings (SSSR count). The first-order chi connectivity index (χ1) is 6.76. The first kappa shape index (κ1) is 11.1. The molecule has 80 valence electrons. The summed E-state index contributed by atoms with van der Waals surface area (Å²) in [4.78, 5) is 0. The highest BCUT2D eigenvalue weighted by atomic mass is 16.5. The highest BCUT2D eigenvalue weighted by Crippen LogP contribution is 2.47. The zero-order valence-corrected chi connectivity index (χ0v) is 8.77. The van der Waals surface area contributed by atoms with E-state index < -0.39 is 0 Å². The zero-order valence-electron chi connectivity index (χ0n) is 8.77. The van der Waals surface area contributed by atoms with Gasteiger partial charge in [0.25, 0.3) is 0 Å². The van der Waals surface area contributed by atoms with E-state index in [2.05, 4.69) is 0 Å². The van der Waals surface area contributed by atoms with Crippen LogP contribution in [0.25, 0.3) is 0 Å². The van der Waals surface area contributed by atoms with Gasteiger partial charge in [-0.1, -0.05) is 0 Å². The SMILES string of the molecule is COC=CC1(C=COC)CC(CO)C1. The highest BCUT2D eigenvalue weighted by Gasteiger charge is 2.40. The van der Waals surface area contributed by atoms with Crippen molar-refractivity contribution in [2.45, 2.75) is 12.8 Å². The van der Waals surface area contributed by atoms with Gasteiger partial charge in [-0.05, 0) is 30.9 Å². The van der Waals surface area contributed by atoms with Crippen LogP contribution in [0.1, 0.15) is 12.8 Å². The number of aliphatic hydroxyl groups excluding tert-OH is 1. The topological polar surface area (TPSA) is 38.7 Å². The molecule has 0 aliphatic heterocycles. The van der Waals surface area contributed by atoms with Crippen molar-refractivity contribution in [2.75, 3.05) is 20.8 Å². The second-order valence-electron chi connectivity index (χ2n) is 3.77. The van der Waals surface area contributed by atoms with Crippen LogP contribution in [0.2, 0.25) is 0 Å². The molecule has 0 saturated heterocycles. The maximum Gasteiger partial charge on any atom is 0.0793 e. The molecular weight excluding hydrogens is 180 g/mol. The molecule has 0 radical (unpaired) electrons. The maximum absolute atomic E-state index is 8.96. The van der Waals surface area contributed by atoms with E-state index in [-0.39, 0.29) is 12.0 Å². The van der Waals surface area contributed by atoms with Gasteiger partial charge in [-0.3, -0.25) is 0 Å². The van der Waals surface area contributed by atoms with Crippen molar-refractivity contribution in [2.24, 2.45) is 11.3 Å². The van der Waals surface area contributed by atoms with Crippen LogP contribution in [0.15, 0.2) is 24.7 Å². The molecule has 0 atom stereocenters. The molecule has 3 heteroatoms. The lowest BCUT2D eigenvalue weighted by molar-refractivity contribution is 0.0839. The first-order valence-electron chi connectivity index (χ1n) is 4.78. The second kappa shape index (κ2) is 5.05. The van der Waals surface area contributed by atoms with Crippen LogP contribution in [-0.4, -0.2) is 25.9 Å². The summed E-state index contributed by atoms with van der Waals surface area (Å²) in [5.74, 6) is 0.415. The van der Waals surface area contributed by atoms with E-state index in [0.29, 0.717) is 5.92 Å². The Morgan fingerprint density at radius 1 is 1.21 bits per heavy atom. The smallest absolute Gasteiger partial charge is 0.0793 e. The molecule has 1 aliphatic rings. The number of aliphatic hydroxyl groups is 1. The van der Waals surface area contributed by atoms with E-state index in [9.17, 15) is 0 Å². The van der Waals surface area contributed by atoms with E-state index >= 15 is 0 Å². The summed E-state index contributed by atoms with van der Waals surface area (Å²) in [6, 6.07) is 0. The van der Waals surface area contributed by atoms with Crippen LogP contribution >= 0.6 is 0 Å². The largest absolute Gasteiger partial charge is 0.505 e. The zero-order chi connectivity index (χ0) is 10.4. The lowest BCUT2D eigenvalue weighted by atomic mass is 9.62. The summed E-state index contributed by atoms with van der Waals surface area (Å²) in [7, 11) is 3.26. The molecule has 0 unspecified atom stereocenters. The number of allylic oxidation sites excluding steroid dienone is 2. The Morgan fingerprint density at radius 2 is 1.71 bits per heavy atom. The van der Waals surface area contributed by atoms with Gasteiger partial charge in [-0.15, -0.1) is 0 Å². The second-order valence-corrected chi connectivity index (χ2v) is 3.77. The third-order valence-corrected chi connectivity index (χ3v) is 2.67. The molecule has 1 fully saturated rings. The summed E-state index contributed by atoms with van der Waals surface area (Å²) in [5, 5.41) is 8.96. The maximum atomic E-state index is 8.96. The van der Waals surface area contributed by atoms with Crippen molar-refractivity contribution in [1.29, 1.82) is 0 Å². The predicted molar refractivity (Wildman–Crippen MR) is 54.5 cm³/mol. The van der Waals surface area contributed by atoms with Crippen molar-refractivity contribution < 1.29 is 14.6 Å². The van der Waals surface area contributed by atoms with Gasteiger partial charge in [0, 0.05) is 12.0 Å². The number of methoxy groups -OCH3 is 2. The molecule has 0 bridgehead atoms. The molecule has 1 saturated carbocycles.